The molecule has 3 aromatic rings. The van der Waals surface area contributed by atoms with Gasteiger partial charge in [-0.05, 0) is 73.7 Å². The van der Waals surface area contributed by atoms with Crippen LogP contribution in [0.1, 0.15) is 73.8 Å². The van der Waals surface area contributed by atoms with E-state index in [0.29, 0.717) is 6.54 Å². The summed E-state index contributed by atoms with van der Waals surface area (Å²) < 4.78 is 1.97. The van der Waals surface area contributed by atoms with E-state index in [1.165, 1.54) is 47.3 Å². The third-order valence-electron chi connectivity index (χ3n) is 6.88. The molecule has 4 nitrogen and oxygen atoms in total. The number of fused-ring (bicyclic) bond motifs is 3. The van der Waals surface area contributed by atoms with E-state index >= 15 is 0 Å². The van der Waals surface area contributed by atoms with Gasteiger partial charge in [-0.25, -0.2) is 4.98 Å². The van der Waals surface area contributed by atoms with Gasteiger partial charge in [0.15, 0.2) is 0 Å². The fourth-order valence-electron chi connectivity index (χ4n) is 5.00. The van der Waals surface area contributed by atoms with Crippen LogP contribution in [-0.4, -0.2) is 27.5 Å². The van der Waals surface area contributed by atoms with Crippen molar-refractivity contribution in [1.29, 1.82) is 0 Å². The normalized spacial score (nSPS) is 17.4. The molecule has 5 rings (SSSR count). The summed E-state index contributed by atoms with van der Waals surface area (Å²) in [5.74, 6) is 0.929. The van der Waals surface area contributed by atoms with Crippen molar-refractivity contribution in [2.75, 3.05) is 13.1 Å². The molecule has 0 bridgehead atoms. The third kappa shape index (κ3) is 4.10. The first-order valence-electron chi connectivity index (χ1n) is 11.8. The van der Waals surface area contributed by atoms with E-state index in [1.54, 1.807) is 11.3 Å². The lowest BCUT2D eigenvalue weighted by Crippen LogP contribution is -2.30. The van der Waals surface area contributed by atoms with Crippen molar-refractivity contribution in [3.8, 4) is 0 Å². The van der Waals surface area contributed by atoms with Crippen molar-refractivity contribution >= 4 is 21.6 Å². The van der Waals surface area contributed by atoms with E-state index in [9.17, 15) is 4.79 Å². The summed E-state index contributed by atoms with van der Waals surface area (Å²) in [7, 11) is 0. The molecule has 1 saturated heterocycles. The summed E-state index contributed by atoms with van der Waals surface area (Å²) in [5.41, 5.74) is 4.07. The van der Waals surface area contributed by atoms with E-state index in [2.05, 4.69) is 49.9 Å². The molecule has 0 amide bonds. The number of thiophene rings is 1. The van der Waals surface area contributed by atoms with E-state index in [4.69, 9.17) is 4.98 Å². The van der Waals surface area contributed by atoms with Gasteiger partial charge in [-0.2, -0.15) is 0 Å². The predicted octanol–water partition coefficient (Wildman–Crippen LogP) is 5.28. The maximum atomic E-state index is 13.8. The highest BCUT2D eigenvalue weighted by atomic mass is 32.1. The van der Waals surface area contributed by atoms with Crippen LogP contribution in [0.3, 0.4) is 0 Å². The molecule has 0 unspecified atom stereocenters. The van der Waals surface area contributed by atoms with Crippen LogP contribution in [0.5, 0.6) is 0 Å². The monoisotopic (exact) mass is 435 g/mol. The Kier molecular flexibility index (Phi) is 5.51. The van der Waals surface area contributed by atoms with Crippen LogP contribution >= 0.6 is 11.3 Å². The second kappa shape index (κ2) is 8.18. The second-order valence-electron chi connectivity index (χ2n) is 10.2. The average Bonchev–Trinajstić information content (AvgIpc) is 3.38. The molecule has 0 atom stereocenters. The summed E-state index contributed by atoms with van der Waals surface area (Å²) in [6.07, 6.45) is 7.03. The second-order valence-corrected chi connectivity index (χ2v) is 11.3. The SMILES string of the molecule is CC(C)(C)c1ccc(Cn2c(CN3CCCC3)nc3sc4c(c3c2=O)CCCC4)cc1. The highest BCUT2D eigenvalue weighted by Gasteiger charge is 2.24. The maximum absolute atomic E-state index is 13.8. The molecule has 3 heterocycles. The van der Waals surface area contributed by atoms with E-state index in [-0.39, 0.29) is 11.0 Å². The molecule has 1 aromatic carbocycles. The van der Waals surface area contributed by atoms with Crippen molar-refractivity contribution in [1.82, 2.24) is 14.5 Å². The first-order valence-corrected chi connectivity index (χ1v) is 12.6. The number of hydrogen-bond acceptors (Lipinski definition) is 4. The number of aryl methyl sites for hydroxylation is 2. The highest BCUT2D eigenvalue weighted by Crippen LogP contribution is 2.34. The Labute approximate surface area is 188 Å². The molecule has 0 saturated carbocycles. The quantitative estimate of drug-likeness (QED) is 0.560. The average molecular weight is 436 g/mol. The molecule has 1 fully saturated rings. The maximum Gasteiger partial charge on any atom is 0.262 e. The Morgan fingerprint density at radius 1 is 0.968 bits per heavy atom. The van der Waals surface area contributed by atoms with E-state index in [0.717, 1.165) is 48.5 Å². The van der Waals surface area contributed by atoms with Crippen molar-refractivity contribution in [3.05, 3.63) is 62.0 Å². The van der Waals surface area contributed by atoms with Crippen LogP contribution in [0.15, 0.2) is 29.1 Å². The Bertz CT molecular complexity index is 1140. The molecular weight excluding hydrogens is 402 g/mol. The molecule has 0 radical (unpaired) electrons. The Balaban J connectivity index is 1.58. The van der Waals surface area contributed by atoms with Gasteiger partial charge in [0.2, 0.25) is 0 Å². The minimum absolute atomic E-state index is 0.131. The lowest BCUT2D eigenvalue weighted by atomic mass is 9.87. The fourth-order valence-corrected chi connectivity index (χ4v) is 6.27. The van der Waals surface area contributed by atoms with Crippen LogP contribution in [0.4, 0.5) is 0 Å². The summed E-state index contributed by atoms with van der Waals surface area (Å²) in [6, 6.07) is 8.78. The smallest absolute Gasteiger partial charge is 0.262 e. The largest absolute Gasteiger partial charge is 0.296 e. The minimum Gasteiger partial charge on any atom is -0.296 e. The van der Waals surface area contributed by atoms with Gasteiger partial charge < -0.3 is 0 Å². The van der Waals surface area contributed by atoms with Crippen molar-refractivity contribution in [2.24, 2.45) is 0 Å². The van der Waals surface area contributed by atoms with Gasteiger partial charge in [0.1, 0.15) is 10.7 Å². The lowest BCUT2D eigenvalue weighted by Gasteiger charge is -2.20. The first-order chi connectivity index (χ1) is 14.9. The molecule has 31 heavy (non-hydrogen) atoms. The van der Waals surface area contributed by atoms with Crippen LogP contribution in [-0.2, 0) is 31.3 Å². The van der Waals surface area contributed by atoms with Crippen LogP contribution in [0.2, 0.25) is 0 Å². The van der Waals surface area contributed by atoms with Crippen LogP contribution in [0.25, 0.3) is 10.2 Å². The number of aromatic nitrogens is 2. The van der Waals surface area contributed by atoms with Gasteiger partial charge in [0.25, 0.3) is 5.56 Å². The Morgan fingerprint density at radius 2 is 1.68 bits per heavy atom. The van der Waals surface area contributed by atoms with Crippen molar-refractivity contribution in [2.45, 2.75) is 77.8 Å². The summed E-state index contributed by atoms with van der Waals surface area (Å²) in [6.45, 7) is 10.3. The van der Waals surface area contributed by atoms with Crippen LogP contribution in [0, 0.1) is 0 Å². The van der Waals surface area contributed by atoms with Crippen molar-refractivity contribution in [3.63, 3.8) is 0 Å². The van der Waals surface area contributed by atoms with E-state index in [1.807, 2.05) is 4.57 Å². The predicted molar refractivity (Wildman–Crippen MR) is 129 cm³/mol. The van der Waals surface area contributed by atoms with E-state index < -0.39 is 0 Å². The highest BCUT2D eigenvalue weighted by molar-refractivity contribution is 7.18. The van der Waals surface area contributed by atoms with Crippen molar-refractivity contribution < 1.29 is 0 Å². The van der Waals surface area contributed by atoms with Gasteiger partial charge in [-0.1, -0.05) is 45.0 Å². The third-order valence-corrected chi connectivity index (χ3v) is 8.06. The Hall–Kier alpha value is -1.98. The Morgan fingerprint density at radius 3 is 2.39 bits per heavy atom. The number of nitrogens with zero attached hydrogens (tertiary/aromatic N) is 3. The molecule has 2 aromatic heterocycles. The standard InChI is InChI=1S/C26H33N3OS/c1-26(2,3)19-12-10-18(11-13-19)16-29-22(17-28-14-6-7-15-28)27-24-23(25(29)30)20-8-4-5-9-21(20)31-24/h10-13H,4-9,14-17H2,1-3H3. The molecule has 0 spiro atoms. The minimum atomic E-state index is 0.131. The first kappa shape index (κ1) is 20.9. The molecule has 1 aliphatic carbocycles. The molecule has 2 aliphatic rings. The number of hydrogen-bond donors (Lipinski definition) is 0. The topological polar surface area (TPSA) is 38.1 Å². The van der Waals surface area contributed by atoms with Gasteiger partial charge in [0, 0.05) is 4.88 Å². The van der Waals surface area contributed by atoms with Crippen LogP contribution < -0.4 is 5.56 Å². The fraction of sp³-hybridized carbons (Fsp3) is 0.538. The zero-order valence-electron chi connectivity index (χ0n) is 19.0. The molecular formula is C26H33N3OS. The zero-order valence-corrected chi connectivity index (χ0v) is 19.9. The number of benzene rings is 1. The summed E-state index contributed by atoms with van der Waals surface area (Å²) >= 11 is 1.76. The molecule has 164 valence electrons. The molecule has 0 N–H and O–H groups in total. The van der Waals surface area contributed by atoms with Gasteiger partial charge >= 0.3 is 0 Å². The molecule has 5 heteroatoms. The van der Waals surface area contributed by atoms with Gasteiger partial charge in [-0.15, -0.1) is 11.3 Å². The van der Waals surface area contributed by atoms with Gasteiger partial charge in [-0.3, -0.25) is 14.3 Å². The summed E-state index contributed by atoms with van der Waals surface area (Å²) in [5, 5.41) is 0.899. The summed E-state index contributed by atoms with van der Waals surface area (Å²) in [4.78, 5) is 23.7. The lowest BCUT2D eigenvalue weighted by molar-refractivity contribution is 0.315. The number of rotatable bonds is 4. The van der Waals surface area contributed by atoms with Gasteiger partial charge in [0.05, 0.1) is 18.5 Å². The molecule has 1 aliphatic heterocycles. The number of likely N-dealkylation sites (tertiary alicyclic amines) is 1. The zero-order chi connectivity index (χ0) is 21.6.